The van der Waals surface area contributed by atoms with Crippen LogP contribution < -0.4 is 10.1 Å². The molecular formula is C22H27ClF2N2O3. The van der Waals surface area contributed by atoms with E-state index in [0.29, 0.717) is 26.1 Å². The van der Waals surface area contributed by atoms with Crippen LogP contribution in [0.25, 0.3) is 0 Å². The van der Waals surface area contributed by atoms with Gasteiger partial charge in [-0.2, -0.15) is 0 Å². The number of rotatable bonds is 8. The topological polar surface area (TPSA) is 50.8 Å². The first kappa shape index (κ1) is 24.1. The summed E-state index contributed by atoms with van der Waals surface area (Å²) >= 11 is 0. The van der Waals surface area contributed by atoms with Crippen LogP contribution in [0.5, 0.6) is 5.75 Å². The lowest BCUT2D eigenvalue weighted by atomic mass is 10.1. The molecule has 0 aromatic heterocycles. The van der Waals surface area contributed by atoms with Crippen molar-refractivity contribution in [1.29, 1.82) is 0 Å². The average Bonchev–Trinajstić information content (AvgIpc) is 2.73. The van der Waals surface area contributed by atoms with Crippen molar-refractivity contribution in [3.8, 4) is 5.75 Å². The zero-order chi connectivity index (χ0) is 20.8. The molecule has 2 aromatic carbocycles. The zero-order valence-electron chi connectivity index (χ0n) is 17.1. The number of nitrogens with zero attached hydrogens (tertiary/aromatic N) is 1. The molecule has 1 fully saturated rings. The Morgan fingerprint density at radius 1 is 1.23 bits per heavy atom. The molecule has 1 amide bonds. The molecule has 30 heavy (non-hydrogen) atoms. The van der Waals surface area contributed by atoms with Crippen molar-refractivity contribution in [2.24, 2.45) is 0 Å². The van der Waals surface area contributed by atoms with E-state index in [1.807, 2.05) is 6.92 Å². The number of methoxy groups -OCH3 is 1. The summed E-state index contributed by atoms with van der Waals surface area (Å²) in [5.74, 6) is -0.494. The van der Waals surface area contributed by atoms with E-state index in [1.54, 1.807) is 29.2 Å². The molecule has 0 radical (unpaired) electrons. The molecule has 0 aliphatic carbocycles. The van der Waals surface area contributed by atoms with Crippen LogP contribution in [0.15, 0.2) is 42.5 Å². The lowest BCUT2D eigenvalue weighted by Gasteiger charge is -2.33. The molecule has 0 saturated carbocycles. The lowest BCUT2D eigenvalue weighted by molar-refractivity contribution is -0.148. The second kappa shape index (κ2) is 11.2. The predicted octanol–water partition coefficient (Wildman–Crippen LogP) is 3.52. The Hall–Kier alpha value is -2.22. The minimum Gasteiger partial charge on any atom is -0.494 e. The molecule has 1 heterocycles. The van der Waals surface area contributed by atoms with E-state index in [1.165, 1.54) is 25.3 Å². The third kappa shape index (κ3) is 6.39. The largest absolute Gasteiger partial charge is 0.494 e. The monoisotopic (exact) mass is 440 g/mol. The molecule has 5 nitrogen and oxygen atoms in total. The molecule has 8 heteroatoms. The van der Waals surface area contributed by atoms with Crippen LogP contribution in [-0.4, -0.2) is 50.3 Å². The number of ether oxygens (including phenoxy) is 2. The van der Waals surface area contributed by atoms with Gasteiger partial charge in [-0.1, -0.05) is 18.2 Å². The first-order valence-corrected chi connectivity index (χ1v) is 9.67. The van der Waals surface area contributed by atoms with Crippen molar-refractivity contribution in [2.45, 2.75) is 25.5 Å². The fourth-order valence-electron chi connectivity index (χ4n) is 3.31. The molecule has 1 aliphatic heterocycles. The first-order chi connectivity index (χ1) is 14.0. The van der Waals surface area contributed by atoms with Gasteiger partial charge in [0, 0.05) is 25.7 Å². The number of nitrogens with one attached hydrogen (secondary N) is 1. The summed E-state index contributed by atoms with van der Waals surface area (Å²) < 4.78 is 37.3. The van der Waals surface area contributed by atoms with Gasteiger partial charge in [0.15, 0.2) is 11.6 Å². The van der Waals surface area contributed by atoms with Gasteiger partial charge in [-0.05, 0) is 48.7 Å². The molecule has 1 aliphatic rings. The smallest absolute Gasteiger partial charge is 0.248 e. The second-order valence-corrected chi connectivity index (χ2v) is 7.17. The number of morpholine rings is 1. The number of hydrogen-bond donors (Lipinski definition) is 1. The maximum Gasteiger partial charge on any atom is 0.248 e. The Morgan fingerprint density at radius 3 is 2.67 bits per heavy atom. The minimum atomic E-state index is -0.394. The predicted molar refractivity (Wildman–Crippen MR) is 113 cm³/mol. The number of carbonyl (C=O) groups excluding carboxylic acids is 1. The SMILES string of the molecule is COc1cc([C@@H](C)NCC2CN(CCc3ccc(F)cc3)C(=O)CO2)ccc1F.Cl. The Labute approximate surface area is 181 Å². The summed E-state index contributed by atoms with van der Waals surface area (Å²) in [5.41, 5.74) is 1.89. The van der Waals surface area contributed by atoms with Crippen molar-refractivity contribution in [3.63, 3.8) is 0 Å². The van der Waals surface area contributed by atoms with Gasteiger partial charge in [0.2, 0.25) is 5.91 Å². The Balaban J connectivity index is 0.00000320. The van der Waals surface area contributed by atoms with Gasteiger partial charge in [-0.25, -0.2) is 8.78 Å². The van der Waals surface area contributed by atoms with Crippen molar-refractivity contribution in [3.05, 3.63) is 65.2 Å². The van der Waals surface area contributed by atoms with Crippen LogP contribution >= 0.6 is 12.4 Å². The highest BCUT2D eigenvalue weighted by molar-refractivity contribution is 5.85. The Kier molecular flexibility index (Phi) is 9.02. The fraction of sp³-hybridized carbons (Fsp3) is 0.409. The van der Waals surface area contributed by atoms with E-state index in [2.05, 4.69) is 5.32 Å². The summed E-state index contributed by atoms with van der Waals surface area (Å²) in [5, 5.41) is 3.37. The van der Waals surface area contributed by atoms with Gasteiger partial charge >= 0.3 is 0 Å². The highest BCUT2D eigenvalue weighted by Gasteiger charge is 2.26. The lowest BCUT2D eigenvalue weighted by Crippen LogP contribution is -2.50. The molecule has 164 valence electrons. The molecule has 1 saturated heterocycles. The third-order valence-electron chi connectivity index (χ3n) is 5.13. The summed E-state index contributed by atoms with van der Waals surface area (Å²) in [6.07, 6.45) is 0.531. The average molecular weight is 441 g/mol. The highest BCUT2D eigenvalue weighted by atomic mass is 35.5. The van der Waals surface area contributed by atoms with Gasteiger partial charge in [0.25, 0.3) is 0 Å². The van der Waals surface area contributed by atoms with Gasteiger partial charge in [-0.15, -0.1) is 12.4 Å². The number of hydrogen-bond acceptors (Lipinski definition) is 4. The molecule has 2 aromatic rings. The third-order valence-corrected chi connectivity index (χ3v) is 5.13. The van der Waals surface area contributed by atoms with Gasteiger partial charge in [0.05, 0.1) is 13.2 Å². The summed E-state index contributed by atoms with van der Waals surface area (Å²) in [7, 11) is 1.44. The number of amides is 1. The zero-order valence-corrected chi connectivity index (χ0v) is 17.9. The van der Waals surface area contributed by atoms with E-state index in [-0.39, 0.29) is 48.6 Å². The van der Waals surface area contributed by atoms with Crippen LogP contribution in [0.1, 0.15) is 24.1 Å². The van der Waals surface area contributed by atoms with E-state index in [0.717, 1.165) is 11.1 Å². The van der Waals surface area contributed by atoms with Crippen LogP contribution in [0, 0.1) is 11.6 Å². The van der Waals surface area contributed by atoms with Crippen LogP contribution in [0.4, 0.5) is 8.78 Å². The van der Waals surface area contributed by atoms with Crippen molar-refractivity contribution in [2.75, 3.05) is 33.4 Å². The molecule has 0 bridgehead atoms. The molecular weight excluding hydrogens is 414 g/mol. The standard InChI is InChI=1S/C22H26F2N2O3.ClH/c1-15(17-5-8-20(24)21(11-17)28-2)25-12-19-13-26(22(27)14-29-19)10-9-16-3-6-18(23)7-4-16;/h3-8,11,15,19,25H,9-10,12-14H2,1-2H3;1H/t15-,19?;/m1./s1. The molecule has 3 rings (SSSR count). The maximum atomic E-state index is 13.6. The van der Waals surface area contributed by atoms with Crippen LogP contribution in [-0.2, 0) is 16.0 Å². The Morgan fingerprint density at radius 2 is 1.97 bits per heavy atom. The van der Waals surface area contributed by atoms with E-state index in [4.69, 9.17) is 9.47 Å². The number of carbonyl (C=O) groups is 1. The number of benzene rings is 2. The quantitative estimate of drug-likeness (QED) is 0.682. The van der Waals surface area contributed by atoms with Gasteiger partial charge in [-0.3, -0.25) is 4.79 Å². The number of halogens is 3. The van der Waals surface area contributed by atoms with E-state index in [9.17, 15) is 13.6 Å². The summed E-state index contributed by atoms with van der Waals surface area (Å²) in [6, 6.07) is 11.1. The van der Waals surface area contributed by atoms with Crippen LogP contribution in [0.3, 0.4) is 0 Å². The van der Waals surface area contributed by atoms with E-state index < -0.39 is 5.82 Å². The van der Waals surface area contributed by atoms with Crippen molar-refractivity contribution >= 4 is 18.3 Å². The van der Waals surface area contributed by atoms with Crippen LogP contribution in [0.2, 0.25) is 0 Å². The fourth-order valence-corrected chi connectivity index (χ4v) is 3.31. The minimum absolute atomic E-state index is 0. The maximum absolute atomic E-state index is 13.6. The highest BCUT2D eigenvalue weighted by Crippen LogP contribution is 2.22. The normalized spacial score (nSPS) is 17.4. The summed E-state index contributed by atoms with van der Waals surface area (Å²) in [6.45, 7) is 3.64. The Bertz CT molecular complexity index is 836. The first-order valence-electron chi connectivity index (χ1n) is 9.67. The molecule has 0 spiro atoms. The van der Waals surface area contributed by atoms with Crippen molar-refractivity contribution < 1.29 is 23.0 Å². The van der Waals surface area contributed by atoms with E-state index >= 15 is 0 Å². The second-order valence-electron chi connectivity index (χ2n) is 7.17. The molecule has 2 atom stereocenters. The summed E-state index contributed by atoms with van der Waals surface area (Å²) in [4.78, 5) is 13.9. The molecule has 1 unspecified atom stereocenters. The molecule has 1 N–H and O–H groups in total. The van der Waals surface area contributed by atoms with Gasteiger partial charge < -0.3 is 19.7 Å². The van der Waals surface area contributed by atoms with Gasteiger partial charge in [0.1, 0.15) is 12.4 Å². The van der Waals surface area contributed by atoms with Crippen molar-refractivity contribution in [1.82, 2.24) is 10.2 Å².